The highest BCUT2D eigenvalue weighted by atomic mass is 16.6. The van der Waals surface area contributed by atoms with Gasteiger partial charge in [0.1, 0.15) is 5.52 Å². The van der Waals surface area contributed by atoms with E-state index in [1.54, 1.807) is 24.4 Å². The first kappa shape index (κ1) is 14.7. The first-order chi connectivity index (χ1) is 10.0. The Morgan fingerprint density at radius 2 is 2.19 bits per heavy atom. The summed E-state index contributed by atoms with van der Waals surface area (Å²) in [5.74, 6) is -0.838. The van der Waals surface area contributed by atoms with Gasteiger partial charge in [-0.15, -0.1) is 0 Å². The van der Waals surface area contributed by atoms with Crippen molar-refractivity contribution in [3.8, 4) is 0 Å². The molecule has 7 heteroatoms. The summed E-state index contributed by atoms with van der Waals surface area (Å²) < 4.78 is 0. The molecule has 110 valence electrons. The van der Waals surface area contributed by atoms with E-state index in [1.165, 1.54) is 6.07 Å². The summed E-state index contributed by atoms with van der Waals surface area (Å²) in [6.07, 6.45) is 2.17. The van der Waals surface area contributed by atoms with Crippen LogP contribution in [0.1, 0.15) is 12.8 Å². The van der Waals surface area contributed by atoms with E-state index < -0.39 is 10.9 Å². The van der Waals surface area contributed by atoms with Crippen molar-refractivity contribution >= 4 is 28.2 Å². The van der Waals surface area contributed by atoms with Crippen LogP contribution in [0.15, 0.2) is 30.5 Å². The molecule has 1 N–H and O–H groups in total. The monoisotopic (exact) mass is 289 g/mol. The van der Waals surface area contributed by atoms with Crippen LogP contribution in [0.3, 0.4) is 0 Å². The highest BCUT2D eigenvalue weighted by Gasteiger charge is 2.16. The summed E-state index contributed by atoms with van der Waals surface area (Å²) >= 11 is 0. The van der Waals surface area contributed by atoms with Gasteiger partial charge in [-0.2, -0.15) is 0 Å². The number of carboxylic acid groups (broad SMARTS) is 1. The lowest BCUT2D eigenvalue weighted by Crippen LogP contribution is -2.19. The minimum atomic E-state index is -0.838. The maximum Gasteiger partial charge on any atom is 0.303 e. The lowest BCUT2D eigenvalue weighted by molar-refractivity contribution is -0.383. The number of aromatic nitrogens is 1. The summed E-state index contributed by atoms with van der Waals surface area (Å²) in [5, 5.41) is 20.2. The van der Waals surface area contributed by atoms with Gasteiger partial charge in [0.25, 0.3) is 5.69 Å². The van der Waals surface area contributed by atoms with Crippen molar-refractivity contribution in [3.05, 3.63) is 40.6 Å². The fourth-order valence-corrected chi connectivity index (χ4v) is 2.20. The third-order valence-electron chi connectivity index (χ3n) is 3.22. The van der Waals surface area contributed by atoms with Crippen molar-refractivity contribution in [2.75, 3.05) is 18.5 Å². The van der Waals surface area contributed by atoms with Gasteiger partial charge in [0.05, 0.1) is 16.0 Å². The van der Waals surface area contributed by atoms with Gasteiger partial charge in [0.15, 0.2) is 0 Å². The molecule has 7 nitrogen and oxygen atoms in total. The lowest BCUT2D eigenvalue weighted by atomic mass is 10.1. The quantitative estimate of drug-likeness (QED) is 0.648. The molecule has 0 fully saturated rings. The Hall–Kier alpha value is -2.70. The zero-order valence-electron chi connectivity index (χ0n) is 11.5. The van der Waals surface area contributed by atoms with Crippen molar-refractivity contribution in [2.24, 2.45) is 0 Å². The number of hydrogen-bond donors (Lipinski definition) is 1. The second-order valence-corrected chi connectivity index (χ2v) is 4.68. The van der Waals surface area contributed by atoms with Crippen molar-refractivity contribution in [2.45, 2.75) is 12.8 Å². The van der Waals surface area contributed by atoms with Gasteiger partial charge in [0, 0.05) is 32.3 Å². The second-order valence-electron chi connectivity index (χ2n) is 4.68. The van der Waals surface area contributed by atoms with Crippen LogP contribution in [-0.4, -0.2) is 34.6 Å². The highest BCUT2D eigenvalue weighted by molar-refractivity contribution is 5.96. The average Bonchev–Trinajstić information content (AvgIpc) is 2.45. The first-order valence-corrected chi connectivity index (χ1v) is 6.45. The van der Waals surface area contributed by atoms with Gasteiger partial charge in [-0.3, -0.25) is 19.9 Å². The summed E-state index contributed by atoms with van der Waals surface area (Å²) in [7, 11) is 1.82. The van der Waals surface area contributed by atoms with Gasteiger partial charge in [-0.05, 0) is 24.6 Å². The highest BCUT2D eigenvalue weighted by Crippen LogP contribution is 2.31. The van der Waals surface area contributed by atoms with E-state index in [0.29, 0.717) is 23.9 Å². The fourth-order valence-electron chi connectivity index (χ4n) is 2.20. The molecule has 0 unspecified atom stereocenters. The number of benzene rings is 1. The van der Waals surface area contributed by atoms with Gasteiger partial charge in [-0.25, -0.2) is 0 Å². The first-order valence-electron chi connectivity index (χ1n) is 6.45. The molecule has 1 heterocycles. The van der Waals surface area contributed by atoms with Crippen molar-refractivity contribution in [3.63, 3.8) is 0 Å². The second kappa shape index (κ2) is 6.17. The molecule has 0 atom stereocenters. The van der Waals surface area contributed by atoms with Crippen LogP contribution in [0.25, 0.3) is 10.9 Å². The Labute approximate surface area is 121 Å². The predicted molar refractivity (Wildman–Crippen MR) is 78.5 cm³/mol. The molecule has 1 aromatic heterocycles. The zero-order chi connectivity index (χ0) is 15.4. The molecule has 2 rings (SSSR count). The van der Waals surface area contributed by atoms with Gasteiger partial charge in [-0.1, -0.05) is 0 Å². The number of fused-ring (bicyclic) bond motifs is 1. The predicted octanol–water partition coefficient (Wildman–Crippen LogP) is 2.44. The zero-order valence-corrected chi connectivity index (χ0v) is 11.5. The Balaban J connectivity index is 2.34. The van der Waals surface area contributed by atoms with Crippen LogP contribution in [-0.2, 0) is 4.79 Å². The molecule has 0 aliphatic rings. The number of nitro groups is 1. The third kappa shape index (κ3) is 3.25. The standard InChI is InChI=1S/C14H15N3O4/c1-16(9-3-5-13(18)19)12-7-6-11(17(20)21)10-4-2-8-15-14(10)12/h2,4,6-8H,3,5,9H2,1H3,(H,18,19). The molecule has 1 aromatic carbocycles. The third-order valence-corrected chi connectivity index (χ3v) is 3.22. The SMILES string of the molecule is CN(CCCC(=O)O)c1ccc([N+](=O)[O-])c2cccnc12. The number of aliphatic carboxylic acids is 1. The maximum atomic E-state index is 11.0. The maximum absolute atomic E-state index is 11.0. The largest absolute Gasteiger partial charge is 0.481 e. The molecule has 2 aromatic rings. The molecule has 0 aliphatic carbocycles. The van der Waals surface area contributed by atoms with Crippen LogP contribution in [0, 0.1) is 10.1 Å². The summed E-state index contributed by atoms with van der Waals surface area (Å²) in [6, 6.07) is 6.42. The Morgan fingerprint density at radius 1 is 1.43 bits per heavy atom. The van der Waals surface area contributed by atoms with Gasteiger partial charge < -0.3 is 10.0 Å². The number of carbonyl (C=O) groups is 1. The number of non-ortho nitro benzene ring substituents is 1. The average molecular weight is 289 g/mol. The number of pyridine rings is 1. The number of nitrogens with zero attached hydrogens (tertiary/aromatic N) is 3. The Bertz CT molecular complexity index is 687. The summed E-state index contributed by atoms with van der Waals surface area (Å²) in [5.41, 5.74) is 1.31. The molecule has 0 bridgehead atoms. The molecule has 21 heavy (non-hydrogen) atoms. The van der Waals surface area contributed by atoms with E-state index in [4.69, 9.17) is 5.11 Å². The number of hydrogen-bond acceptors (Lipinski definition) is 5. The summed E-state index contributed by atoms with van der Waals surface area (Å²) in [6.45, 7) is 0.537. The fraction of sp³-hybridized carbons (Fsp3) is 0.286. The topological polar surface area (TPSA) is 96.6 Å². The van der Waals surface area contributed by atoms with Crippen molar-refractivity contribution in [1.29, 1.82) is 0 Å². The van der Waals surface area contributed by atoms with Crippen LogP contribution in [0.4, 0.5) is 11.4 Å². The van der Waals surface area contributed by atoms with E-state index in [9.17, 15) is 14.9 Å². The molecular formula is C14H15N3O4. The number of anilines is 1. The molecule has 0 spiro atoms. The Morgan fingerprint density at radius 3 is 2.86 bits per heavy atom. The number of nitro benzene ring substituents is 1. The van der Waals surface area contributed by atoms with Crippen molar-refractivity contribution < 1.29 is 14.8 Å². The molecular weight excluding hydrogens is 274 g/mol. The normalized spacial score (nSPS) is 10.5. The van der Waals surface area contributed by atoms with E-state index in [0.717, 1.165) is 5.69 Å². The van der Waals surface area contributed by atoms with Crippen LogP contribution in [0.2, 0.25) is 0 Å². The molecule has 0 saturated carbocycles. The van der Waals surface area contributed by atoms with Crippen LogP contribution >= 0.6 is 0 Å². The van der Waals surface area contributed by atoms with Crippen LogP contribution in [0.5, 0.6) is 0 Å². The van der Waals surface area contributed by atoms with E-state index in [1.807, 2.05) is 11.9 Å². The summed E-state index contributed by atoms with van der Waals surface area (Å²) in [4.78, 5) is 27.2. The van der Waals surface area contributed by atoms with Crippen LogP contribution < -0.4 is 4.90 Å². The minimum Gasteiger partial charge on any atom is -0.481 e. The molecule has 0 saturated heterocycles. The van der Waals surface area contributed by atoms with E-state index >= 15 is 0 Å². The van der Waals surface area contributed by atoms with E-state index in [-0.39, 0.29) is 12.1 Å². The number of rotatable bonds is 6. The van der Waals surface area contributed by atoms with Gasteiger partial charge in [0.2, 0.25) is 0 Å². The minimum absolute atomic E-state index is 0.0146. The molecule has 0 amide bonds. The van der Waals surface area contributed by atoms with E-state index in [2.05, 4.69) is 4.98 Å². The number of carboxylic acids is 1. The lowest BCUT2D eigenvalue weighted by Gasteiger charge is -2.20. The van der Waals surface area contributed by atoms with Gasteiger partial charge >= 0.3 is 5.97 Å². The molecule has 0 radical (unpaired) electrons. The molecule has 0 aliphatic heterocycles. The smallest absolute Gasteiger partial charge is 0.303 e. The Kier molecular flexibility index (Phi) is 4.32. The van der Waals surface area contributed by atoms with Crippen molar-refractivity contribution in [1.82, 2.24) is 4.98 Å².